The van der Waals surface area contributed by atoms with Gasteiger partial charge in [-0.1, -0.05) is 51.3 Å². The third kappa shape index (κ3) is 5.99. The molecule has 0 bridgehead atoms. The van der Waals surface area contributed by atoms with E-state index in [2.05, 4.69) is 26.6 Å². The quantitative estimate of drug-likeness (QED) is 0.269. The van der Waals surface area contributed by atoms with Crippen LogP contribution in [0.3, 0.4) is 0 Å². The standard InChI is InChI=1S/C26H18BrCl2N3O6/c1-37-21-12-14(11-19(29)23(21)38-13-22(33)30-20-5-3-2-4-18(20)28)10-17-24(34)31-26(36)32(25(17)35)16-8-6-15(27)7-9-16/h2-12H,13H2,1H3,(H,30,33)(H,31,34,36)/b17-10+. The molecule has 5 amide bonds. The van der Waals surface area contributed by atoms with Crippen molar-refractivity contribution in [2.24, 2.45) is 0 Å². The third-order valence-corrected chi connectivity index (χ3v) is 6.38. The van der Waals surface area contributed by atoms with Crippen molar-refractivity contribution in [2.75, 3.05) is 23.9 Å². The number of rotatable bonds is 7. The average molecular weight is 619 g/mol. The van der Waals surface area contributed by atoms with Crippen LogP contribution in [0.4, 0.5) is 16.2 Å². The molecule has 1 aliphatic rings. The zero-order valence-electron chi connectivity index (χ0n) is 19.6. The summed E-state index contributed by atoms with van der Waals surface area (Å²) in [6.45, 7) is -0.396. The molecule has 0 aliphatic carbocycles. The van der Waals surface area contributed by atoms with E-state index in [9.17, 15) is 19.2 Å². The van der Waals surface area contributed by atoms with Crippen LogP contribution < -0.4 is 25.0 Å². The van der Waals surface area contributed by atoms with Gasteiger partial charge >= 0.3 is 6.03 Å². The monoisotopic (exact) mass is 617 g/mol. The smallest absolute Gasteiger partial charge is 0.335 e. The number of carbonyl (C=O) groups excluding carboxylic acids is 4. The fourth-order valence-electron chi connectivity index (χ4n) is 3.50. The number of methoxy groups -OCH3 is 1. The Hall–Kier alpha value is -3.86. The molecule has 1 aliphatic heterocycles. The summed E-state index contributed by atoms with van der Waals surface area (Å²) in [5.74, 6) is -1.92. The maximum atomic E-state index is 13.1. The molecule has 0 atom stereocenters. The molecule has 0 aromatic heterocycles. The summed E-state index contributed by atoms with van der Waals surface area (Å²) in [4.78, 5) is 51.2. The molecule has 0 unspecified atom stereocenters. The summed E-state index contributed by atoms with van der Waals surface area (Å²) < 4.78 is 11.7. The van der Waals surface area contributed by atoms with Crippen molar-refractivity contribution in [3.05, 3.63) is 86.3 Å². The zero-order chi connectivity index (χ0) is 27.4. The van der Waals surface area contributed by atoms with Crippen LogP contribution in [0.1, 0.15) is 5.56 Å². The molecule has 9 nitrogen and oxygen atoms in total. The molecule has 0 radical (unpaired) electrons. The van der Waals surface area contributed by atoms with E-state index < -0.39 is 30.4 Å². The molecule has 1 fully saturated rings. The minimum atomic E-state index is -0.867. The lowest BCUT2D eigenvalue weighted by molar-refractivity contribution is -0.122. The zero-order valence-corrected chi connectivity index (χ0v) is 22.7. The number of carbonyl (C=O) groups is 4. The molecule has 1 saturated heterocycles. The molecule has 194 valence electrons. The van der Waals surface area contributed by atoms with Gasteiger partial charge in [-0.15, -0.1) is 0 Å². The fourth-order valence-corrected chi connectivity index (χ4v) is 4.22. The van der Waals surface area contributed by atoms with Gasteiger partial charge < -0.3 is 14.8 Å². The summed E-state index contributed by atoms with van der Waals surface area (Å²) in [7, 11) is 1.37. The maximum absolute atomic E-state index is 13.1. The Morgan fingerprint density at radius 3 is 2.45 bits per heavy atom. The summed E-state index contributed by atoms with van der Waals surface area (Å²) in [6, 6.07) is 15.2. The first-order valence-corrected chi connectivity index (χ1v) is 12.4. The molecule has 2 N–H and O–H groups in total. The lowest BCUT2D eigenvalue weighted by Gasteiger charge is -2.26. The number of benzene rings is 3. The van der Waals surface area contributed by atoms with Crippen molar-refractivity contribution < 1.29 is 28.7 Å². The Morgan fingerprint density at radius 2 is 1.76 bits per heavy atom. The predicted octanol–water partition coefficient (Wildman–Crippen LogP) is 5.45. The molecule has 12 heteroatoms. The Balaban J connectivity index is 1.56. The molecule has 4 rings (SSSR count). The van der Waals surface area contributed by atoms with Gasteiger partial charge in [0.05, 0.1) is 28.5 Å². The number of barbiturate groups is 1. The van der Waals surface area contributed by atoms with Gasteiger partial charge in [0.1, 0.15) is 5.57 Å². The van der Waals surface area contributed by atoms with Crippen LogP contribution in [0, 0.1) is 0 Å². The summed E-state index contributed by atoms with van der Waals surface area (Å²) in [5.41, 5.74) is 0.735. The van der Waals surface area contributed by atoms with Crippen molar-refractivity contribution in [2.45, 2.75) is 0 Å². The highest BCUT2D eigenvalue weighted by atomic mass is 79.9. The predicted molar refractivity (Wildman–Crippen MR) is 147 cm³/mol. The molecule has 3 aromatic carbocycles. The molecule has 1 heterocycles. The number of imide groups is 2. The van der Waals surface area contributed by atoms with Crippen molar-refractivity contribution in [1.29, 1.82) is 0 Å². The highest BCUT2D eigenvalue weighted by Crippen LogP contribution is 2.37. The number of hydrogen-bond acceptors (Lipinski definition) is 6. The van der Waals surface area contributed by atoms with E-state index >= 15 is 0 Å². The molecule has 0 spiro atoms. The molecule has 0 saturated carbocycles. The first kappa shape index (κ1) is 27.2. The lowest BCUT2D eigenvalue weighted by Crippen LogP contribution is -2.54. The maximum Gasteiger partial charge on any atom is 0.335 e. The number of para-hydroxylation sites is 1. The average Bonchev–Trinajstić information content (AvgIpc) is 2.88. The number of halogens is 3. The van der Waals surface area contributed by atoms with Crippen LogP contribution in [0.2, 0.25) is 10.0 Å². The summed E-state index contributed by atoms with van der Waals surface area (Å²) in [6.07, 6.45) is 1.28. The topological polar surface area (TPSA) is 114 Å². The van der Waals surface area contributed by atoms with Crippen LogP contribution in [0.25, 0.3) is 6.08 Å². The Morgan fingerprint density at radius 1 is 1.05 bits per heavy atom. The number of ether oxygens (including phenoxy) is 2. The highest BCUT2D eigenvalue weighted by molar-refractivity contribution is 9.10. The summed E-state index contributed by atoms with van der Waals surface area (Å²) >= 11 is 15.7. The normalized spacial score (nSPS) is 14.4. The minimum Gasteiger partial charge on any atom is -0.493 e. The Kier molecular flexibility index (Phi) is 8.35. The van der Waals surface area contributed by atoms with Crippen LogP contribution in [0.5, 0.6) is 11.5 Å². The second-order valence-electron chi connectivity index (χ2n) is 7.79. The van der Waals surface area contributed by atoms with Gasteiger partial charge in [0.2, 0.25) is 0 Å². The van der Waals surface area contributed by atoms with E-state index in [1.807, 2.05) is 0 Å². The first-order valence-electron chi connectivity index (χ1n) is 10.9. The van der Waals surface area contributed by atoms with Gasteiger partial charge in [0.15, 0.2) is 18.1 Å². The molecular formula is C26H18BrCl2N3O6. The number of nitrogens with one attached hydrogen (secondary N) is 2. The highest BCUT2D eigenvalue weighted by Gasteiger charge is 2.36. The summed E-state index contributed by atoms with van der Waals surface area (Å²) in [5, 5.41) is 5.22. The Labute approximate surface area is 235 Å². The van der Waals surface area contributed by atoms with E-state index in [1.54, 1.807) is 48.5 Å². The second kappa shape index (κ2) is 11.7. The van der Waals surface area contributed by atoms with Gasteiger partial charge in [0, 0.05) is 4.47 Å². The van der Waals surface area contributed by atoms with E-state index in [-0.39, 0.29) is 27.8 Å². The van der Waals surface area contributed by atoms with E-state index in [1.165, 1.54) is 25.3 Å². The van der Waals surface area contributed by atoms with Gasteiger partial charge in [-0.2, -0.15) is 0 Å². The van der Waals surface area contributed by atoms with E-state index in [0.717, 1.165) is 9.37 Å². The minimum absolute atomic E-state index is 0.0613. The van der Waals surface area contributed by atoms with Crippen LogP contribution >= 0.6 is 39.1 Å². The van der Waals surface area contributed by atoms with Crippen molar-refractivity contribution >= 4 is 80.3 Å². The molecule has 38 heavy (non-hydrogen) atoms. The number of hydrogen-bond donors (Lipinski definition) is 2. The van der Waals surface area contributed by atoms with Crippen molar-refractivity contribution in [3.8, 4) is 11.5 Å². The molecular weight excluding hydrogens is 601 g/mol. The van der Waals surface area contributed by atoms with Crippen LogP contribution in [-0.4, -0.2) is 37.5 Å². The van der Waals surface area contributed by atoms with Crippen molar-refractivity contribution in [1.82, 2.24) is 5.32 Å². The first-order chi connectivity index (χ1) is 18.2. The van der Waals surface area contributed by atoms with E-state index in [0.29, 0.717) is 16.3 Å². The SMILES string of the molecule is COc1cc(/C=C2\C(=O)NC(=O)N(c3ccc(Br)cc3)C2=O)cc(Cl)c1OCC(=O)Nc1ccccc1Cl. The van der Waals surface area contributed by atoms with Gasteiger partial charge in [-0.05, 0) is 60.2 Å². The van der Waals surface area contributed by atoms with Crippen molar-refractivity contribution in [3.63, 3.8) is 0 Å². The molecule has 3 aromatic rings. The fraction of sp³-hybridized carbons (Fsp3) is 0.0769. The van der Waals surface area contributed by atoms with Crippen LogP contribution in [-0.2, 0) is 14.4 Å². The largest absolute Gasteiger partial charge is 0.493 e. The number of anilines is 2. The van der Waals surface area contributed by atoms with E-state index in [4.69, 9.17) is 32.7 Å². The van der Waals surface area contributed by atoms with Crippen LogP contribution in [0.15, 0.2) is 70.7 Å². The third-order valence-electron chi connectivity index (χ3n) is 5.24. The second-order valence-corrected chi connectivity index (χ2v) is 9.52. The number of urea groups is 1. The van der Waals surface area contributed by atoms with Gasteiger partial charge in [-0.3, -0.25) is 19.7 Å². The van der Waals surface area contributed by atoms with Gasteiger partial charge in [-0.25, -0.2) is 9.69 Å². The number of amides is 5. The number of nitrogens with zero attached hydrogens (tertiary/aromatic N) is 1. The Bertz CT molecular complexity index is 1480. The lowest BCUT2D eigenvalue weighted by atomic mass is 10.1. The van der Waals surface area contributed by atoms with Gasteiger partial charge in [0.25, 0.3) is 17.7 Å².